The second-order valence-electron chi connectivity index (χ2n) is 6.10. The van der Waals surface area contributed by atoms with Crippen molar-refractivity contribution < 1.29 is 9.59 Å². The maximum Gasteiger partial charge on any atom is 0.251 e. The first-order valence-corrected chi connectivity index (χ1v) is 10.9. The molecular formula is C18H19ClN6O2S2. The molecule has 1 aromatic carbocycles. The summed E-state index contributed by atoms with van der Waals surface area (Å²) in [6.45, 7) is 2.29. The molecule has 2 heterocycles. The number of aromatic nitrogens is 4. The maximum absolute atomic E-state index is 12.1. The normalized spacial score (nSPS) is 10.7. The second kappa shape index (κ2) is 9.86. The lowest BCUT2D eigenvalue weighted by Gasteiger charge is -2.06. The van der Waals surface area contributed by atoms with E-state index in [9.17, 15) is 9.59 Å². The quantitative estimate of drug-likeness (QED) is 0.511. The van der Waals surface area contributed by atoms with E-state index in [1.165, 1.54) is 23.1 Å². The summed E-state index contributed by atoms with van der Waals surface area (Å²) in [4.78, 5) is 28.4. The Hall–Kier alpha value is -2.43. The average molecular weight is 451 g/mol. The van der Waals surface area contributed by atoms with Crippen LogP contribution in [0.2, 0.25) is 5.02 Å². The number of rotatable bonds is 8. The van der Waals surface area contributed by atoms with E-state index in [0.717, 1.165) is 11.5 Å². The number of thiazole rings is 1. The molecule has 0 aliphatic carbocycles. The van der Waals surface area contributed by atoms with Gasteiger partial charge in [-0.25, -0.2) is 4.98 Å². The van der Waals surface area contributed by atoms with Crippen LogP contribution in [-0.4, -0.2) is 43.9 Å². The SMILES string of the molecule is Cc1csc(NC(=O)CSc2nnc(CCNC(=O)c3ccc(Cl)cc3)n2C)n1. The van der Waals surface area contributed by atoms with Crippen LogP contribution in [0.1, 0.15) is 21.9 Å². The van der Waals surface area contributed by atoms with Gasteiger partial charge < -0.3 is 15.2 Å². The summed E-state index contributed by atoms with van der Waals surface area (Å²) >= 11 is 8.51. The lowest BCUT2D eigenvalue weighted by Crippen LogP contribution is -2.26. The van der Waals surface area contributed by atoms with Crippen molar-refractivity contribution in [2.24, 2.45) is 7.05 Å². The van der Waals surface area contributed by atoms with Crippen molar-refractivity contribution in [1.82, 2.24) is 25.1 Å². The number of hydrogen-bond donors (Lipinski definition) is 2. The summed E-state index contributed by atoms with van der Waals surface area (Å²) < 4.78 is 1.82. The molecule has 3 aromatic rings. The van der Waals surface area contributed by atoms with Gasteiger partial charge in [-0.2, -0.15) is 0 Å². The summed E-state index contributed by atoms with van der Waals surface area (Å²) in [6.07, 6.45) is 0.522. The zero-order valence-electron chi connectivity index (χ0n) is 15.8. The molecule has 29 heavy (non-hydrogen) atoms. The van der Waals surface area contributed by atoms with Crippen molar-refractivity contribution in [2.45, 2.75) is 18.5 Å². The van der Waals surface area contributed by atoms with Gasteiger partial charge in [0.1, 0.15) is 5.82 Å². The van der Waals surface area contributed by atoms with Crippen molar-refractivity contribution in [3.63, 3.8) is 0 Å². The number of amides is 2. The van der Waals surface area contributed by atoms with Crippen LogP contribution >= 0.6 is 34.7 Å². The molecule has 0 saturated carbocycles. The van der Waals surface area contributed by atoms with Crippen LogP contribution in [0.3, 0.4) is 0 Å². The molecule has 0 radical (unpaired) electrons. The molecule has 0 fully saturated rings. The van der Waals surface area contributed by atoms with Crippen LogP contribution in [0.25, 0.3) is 0 Å². The van der Waals surface area contributed by atoms with Crippen molar-refractivity contribution in [3.05, 3.63) is 51.7 Å². The Morgan fingerprint density at radius 2 is 2.00 bits per heavy atom. The van der Waals surface area contributed by atoms with Gasteiger partial charge in [0.15, 0.2) is 10.3 Å². The molecule has 152 valence electrons. The van der Waals surface area contributed by atoms with Crippen LogP contribution in [0.4, 0.5) is 5.13 Å². The van der Waals surface area contributed by atoms with Crippen LogP contribution in [0.15, 0.2) is 34.8 Å². The molecule has 8 nitrogen and oxygen atoms in total. The van der Waals surface area contributed by atoms with Gasteiger partial charge in [-0.15, -0.1) is 21.5 Å². The first-order chi connectivity index (χ1) is 13.9. The average Bonchev–Trinajstić information content (AvgIpc) is 3.26. The van der Waals surface area contributed by atoms with E-state index in [2.05, 4.69) is 25.8 Å². The molecular weight excluding hydrogens is 432 g/mol. The Labute approximate surface area is 181 Å². The van der Waals surface area contributed by atoms with E-state index in [0.29, 0.717) is 33.8 Å². The molecule has 2 amide bonds. The minimum absolute atomic E-state index is 0.149. The second-order valence-corrected chi connectivity index (χ2v) is 8.34. The van der Waals surface area contributed by atoms with Crippen LogP contribution < -0.4 is 10.6 Å². The number of anilines is 1. The Morgan fingerprint density at radius 3 is 2.69 bits per heavy atom. The summed E-state index contributed by atoms with van der Waals surface area (Å²) in [7, 11) is 1.83. The van der Waals surface area contributed by atoms with Gasteiger partial charge in [-0.05, 0) is 31.2 Å². The molecule has 0 atom stereocenters. The standard InChI is InChI=1S/C18H19ClN6O2S2/c1-11-9-28-17(21-11)22-15(26)10-29-18-24-23-14(25(18)2)7-8-20-16(27)12-3-5-13(19)6-4-12/h3-6,9H,7-8,10H2,1-2H3,(H,20,27)(H,21,22,26). The van der Waals surface area contributed by atoms with E-state index < -0.39 is 0 Å². The van der Waals surface area contributed by atoms with E-state index in [-0.39, 0.29) is 17.6 Å². The monoisotopic (exact) mass is 450 g/mol. The molecule has 0 spiro atoms. The third-order valence-electron chi connectivity index (χ3n) is 3.86. The molecule has 0 unspecified atom stereocenters. The zero-order valence-corrected chi connectivity index (χ0v) is 18.2. The summed E-state index contributed by atoms with van der Waals surface area (Å²) in [5.41, 5.74) is 1.42. The number of carbonyl (C=O) groups is 2. The molecule has 2 N–H and O–H groups in total. The summed E-state index contributed by atoms with van der Waals surface area (Å²) in [6, 6.07) is 6.70. The third kappa shape index (κ3) is 6.02. The smallest absolute Gasteiger partial charge is 0.251 e. The highest BCUT2D eigenvalue weighted by atomic mass is 35.5. The lowest BCUT2D eigenvalue weighted by molar-refractivity contribution is -0.113. The number of nitrogens with one attached hydrogen (secondary N) is 2. The van der Waals surface area contributed by atoms with Gasteiger partial charge in [-0.3, -0.25) is 9.59 Å². The molecule has 11 heteroatoms. The van der Waals surface area contributed by atoms with E-state index >= 15 is 0 Å². The van der Waals surface area contributed by atoms with Gasteiger partial charge in [-0.1, -0.05) is 23.4 Å². The Kier molecular flexibility index (Phi) is 7.24. The fraction of sp³-hybridized carbons (Fsp3) is 0.278. The van der Waals surface area contributed by atoms with Gasteiger partial charge in [0.05, 0.1) is 11.4 Å². The Balaban J connectivity index is 1.45. The Bertz CT molecular complexity index is 1000. The molecule has 2 aromatic heterocycles. The first-order valence-electron chi connectivity index (χ1n) is 8.69. The predicted octanol–water partition coefficient (Wildman–Crippen LogP) is 2.94. The van der Waals surface area contributed by atoms with Gasteiger partial charge in [0.2, 0.25) is 5.91 Å². The lowest BCUT2D eigenvalue weighted by atomic mass is 10.2. The summed E-state index contributed by atoms with van der Waals surface area (Å²) in [5.74, 6) is 0.606. The van der Waals surface area contributed by atoms with Gasteiger partial charge in [0, 0.05) is 36.0 Å². The number of halogens is 1. The number of nitrogens with zero attached hydrogens (tertiary/aromatic N) is 4. The number of benzene rings is 1. The number of hydrogen-bond acceptors (Lipinski definition) is 7. The van der Waals surface area contributed by atoms with Gasteiger partial charge >= 0.3 is 0 Å². The number of thioether (sulfide) groups is 1. The molecule has 0 aliphatic rings. The Morgan fingerprint density at radius 1 is 1.24 bits per heavy atom. The summed E-state index contributed by atoms with van der Waals surface area (Å²) in [5, 5.41) is 17.5. The van der Waals surface area contributed by atoms with Crippen molar-refractivity contribution >= 4 is 51.6 Å². The number of aryl methyl sites for hydroxylation is 1. The van der Waals surface area contributed by atoms with Crippen LogP contribution in [-0.2, 0) is 18.3 Å². The minimum Gasteiger partial charge on any atom is -0.352 e. The van der Waals surface area contributed by atoms with Crippen molar-refractivity contribution in [2.75, 3.05) is 17.6 Å². The molecule has 3 rings (SSSR count). The first kappa shape index (κ1) is 21.3. The third-order valence-corrected chi connectivity index (χ3v) is 6.01. The highest BCUT2D eigenvalue weighted by molar-refractivity contribution is 7.99. The molecule has 0 aliphatic heterocycles. The van der Waals surface area contributed by atoms with Crippen molar-refractivity contribution in [3.8, 4) is 0 Å². The van der Waals surface area contributed by atoms with Crippen LogP contribution in [0.5, 0.6) is 0 Å². The fourth-order valence-electron chi connectivity index (χ4n) is 2.38. The predicted molar refractivity (Wildman–Crippen MR) is 115 cm³/mol. The molecule has 0 saturated heterocycles. The maximum atomic E-state index is 12.1. The van der Waals surface area contributed by atoms with Gasteiger partial charge in [0.25, 0.3) is 5.91 Å². The van der Waals surface area contributed by atoms with Crippen LogP contribution in [0, 0.1) is 6.92 Å². The van der Waals surface area contributed by atoms with Crippen molar-refractivity contribution in [1.29, 1.82) is 0 Å². The van der Waals surface area contributed by atoms with E-state index in [1.54, 1.807) is 24.3 Å². The fourth-order valence-corrected chi connectivity index (χ4v) is 3.94. The minimum atomic E-state index is -0.174. The highest BCUT2D eigenvalue weighted by Gasteiger charge is 2.13. The van der Waals surface area contributed by atoms with E-state index in [1.807, 2.05) is 23.9 Å². The largest absolute Gasteiger partial charge is 0.352 e. The number of carbonyl (C=O) groups excluding carboxylic acids is 2. The van der Waals surface area contributed by atoms with E-state index in [4.69, 9.17) is 11.6 Å². The highest BCUT2D eigenvalue weighted by Crippen LogP contribution is 2.18. The molecule has 0 bridgehead atoms. The zero-order chi connectivity index (χ0) is 20.8. The topological polar surface area (TPSA) is 102 Å².